The Balaban J connectivity index is 1.67. The molecule has 0 bridgehead atoms. The number of carbonyl (C=O) groups excluding carboxylic acids is 1. The summed E-state index contributed by atoms with van der Waals surface area (Å²) in [7, 11) is 0. The summed E-state index contributed by atoms with van der Waals surface area (Å²) in [6, 6.07) is 7.47. The number of halogens is 1. The zero-order valence-corrected chi connectivity index (χ0v) is 12.4. The molecule has 4 heteroatoms. The Labute approximate surface area is 125 Å². The normalized spacial score (nSPS) is 27.4. The van der Waals surface area contributed by atoms with Crippen LogP contribution in [0.3, 0.4) is 0 Å². The van der Waals surface area contributed by atoms with Gasteiger partial charge in [0.15, 0.2) is 0 Å². The largest absolute Gasteiger partial charge is 0.369 e. The molecule has 1 aromatic carbocycles. The van der Waals surface area contributed by atoms with Crippen molar-refractivity contribution in [2.75, 3.05) is 19.6 Å². The maximum absolute atomic E-state index is 11.8. The molecule has 0 radical (unpaired) electrons. The fraction of sp³-hybridized carbons (Fsp3) is 0.562. The second-order valence-electron chi connectivity index (χ2n) is 6.14. The van der Waals surface area contributed by atoms with Crippen molar-refractivity contribution >= 4 is 17.5 Å². The fourth-order valence-electron chi connectivity index (χ4n) is 3.32. The summed E-state index contributed by atoms with van der Waals surface area (Å²) in [4.78, 5) is 14.2. The molecular weight excluding hydrogens is 272 g/mol. The molecule has 3 rings (SSSR count). The van der Waals surface area contributed by atoms with Crippen LogP contribution in [-0.4, -0.2) is 30.4 Å². The van der Waals surface area contributed by atoms with Gasteiger partial charge >= 0.3 is 0 Å². The summed E-state index contributed by atoms with van der Waals surface area (Å²) >= 11 is 5.90. The summed E-state index contributed by atoms with van der Waals surface area (Å²) < 4.78 is 0. The molecule has 20 heavy (non-hydrogen) atoms. The molecule has 0 aromatic heterocycles. The quantitative estimate of drug-likeness (QED) is 0.927. The maximum atomic E-state index is 11.8. The Morgan fingerprint density at radius 1 is 1.25 bits per heavy atom. The van der Waals surface area contributed by atoms with E-state index in [1.165, 1.54) is 19.3 Å². The van der Waals surface area contributed by atoms with Gasteiger partial charge < -0.3 is 10.6 Å². The molecule has 1 unspecified atom stereocenters. The van der Waals surface area contributed by atoms with Crippen LogP contribution in [-0.2, 0) is 4.79 Å². The number of hydrogen-bond acceptors (Lipinski definition) is 2. The third-order valence-electron chi connectivity index (χ3n) is 4.76. The summed E-state index contributed by atoms with van der Waals surface area (Å²) in [5.74, 6) is 1.41. The molecule has 2 aliphatic rings. The molecule has 1 aliphatic carbocycles. The zero-order chi connectivity index (χ0) is 14.1. The van der Waals surface area contributed by atoms with E-state index in [0.717, 1.165) is 37.0 Å². The SMILES string of the molecule is NC(=O)[C@@H](CN1CCC2C[C@H]2CC1)c1ccc(Cl)cc1. The van der Waals surface area contributed by atoms with Gasteiger partial charge in [-0.15, -0.1) is 0 Å². The van der Waals surface area contributed by atoms with E-state index in [0.29, 0.717) is 5.02 Å². The Bertz CT molecular complexity index is 476. The maximum Gasteiger partial charge on any atom is 0.226 e. The lowest BCUT2D eigenvalue weighted by Gasteiger charge is -2.25. The molecule has 2 N–H and O–H groups in total. The fourth-order valence-corrected chi connectivity index (χ4v) is 3.45. The van der Waals surface area contributed by atoms with Crippen molar-refractivity contribution in [1.29, 1.82) is 0 Å². The van der Waals surface area contributed by atoms with Gasteiger partial charge in [0, 0.05) is 11.6 Å². The van der Waals surface area contributed by atoms with Crippen molar-refractivity contribution in [3.63, 3.8) is 0 Å². The molecule has 2 fully saturated rings. The van der Waals surface area contributed by atoms with Crippen molar-refractivity contribution in [3.8, 4) is 0 Å². The number of likely N-dealkylation sites (tertiary alicyclic amines) is 1. The molecule has 0 spiro atoms. The highest BCUT2D eigenvalue weighted by Gasteiger charge is 2.39. The standard InChI is InChI=1S/C16H21ClN2O/c17-14-3-1-11(2-4-14)15(16(18)20)10-19-7-5-12-9-13(12)6-8-19/h1-4,12-13,15H,5-10H2,(H2,18,20)/t12-,13?,15+/m1/s1. The van der Waals surface area contributed by atoms with E-state index in [2.05, 4.69) is 4.90 Å². The molecule has 3 atom stereocenters. The van der Waals surface area contributed by atoms with Crippen LogP contribution in [0.25, 0.3) is 0 Å². The highest BCUT2D eigenvalue weighted by molar-refractivity contribution is 6.30. The van der Waals surface area contributed by atoms with Crippen LogP contribution < -0.4 is 5.73 Å². The highest BCUT2D eigenvalue weighted by Crippen LogP contribution is 2.45. The number of fused-ring (bicyclic) bond motifs is 1. The van der Waals surface area contributed by atoms with Crippen LogP contribution >= 0.6 is 11.6 Å². The van der Waals surface area contributed by atoms with Gasteiger partial charge in [0.1, 0.15) is 0 Å². The van der Waals surface area contributed by atoms with E-state index in [-0.39, 0.29) is 11.8 Å². The average molecular weight is 293 g/mol. The molecule has 1 amide bonds. The Hall–Kier alpha value is -1.06. The van der Waals surface area contributed by atoms with Gasteiger partial charge in [0.05, 0.1) is 5.92 Å². The molecule has 1 saturated heterocycles. The first-order chi connectivity index (χ1) is 9.63. The van der Waals surface area contributed by atoms with Gasteiger partial charge in [-0.05, 0) is 61.9 Å². The number of rotatable bonds is 4. The van der Waals surface area contributed by atoms with Crippen LogP contribution in [0, 0.1) is 11.8 Å². The van der Waals surface area contributed by atoms with Gasteiger partial charge in [-0.25, -0.2) is 0 Å². The Morgan fingerprint density at radius 2 is 1.85 bits per heavy atom. The monoisotopic (exact) mass is 292 g/mol. The van der Waals surface area contributed by atoms with Crippen molar-refractivity contribution in [1.82, 2.24) is 4.90 Å². The van der Waals surface area contributed by atoms with E-state index in [1.54, 1.807) is 0 Å². The molecule has 1 saturated carbocycles. The lowest BCUT2D eigenvalue weighted by atomic mass is 9.97. The summed E-state index contributed by atoms with van der Waals surface area (Å²) in [6.45, 7) is 2.92. The van der Waals surface area contributed by atoms with Crippen LogP contribution in [0.1, 0.15) is 30.7 Å². The van der Waals surface area contributed by atoms with Gasteiger partial charge in [0.2, 0.25) is 5.91 Å². The molecule has 1 aromatic rings. The summed E-state index contributed by atoms with van der Waals surface area (Å²) in [6.07, 6.45) is 3.97. The molecule has 1 heterocycles. The minimum atomic E-state index is -0.248. The third-order valence-corrected chi connectivity index (χ3v) is 5.01. The Morgan fingerprint density at radius 3 is 2.40 bits per heavy atom. The van der Waals surface area contributed by atoms with E-state index >= 15 is 0 Å². The van der Waals surface area contributed by atoms with Crippen molar-refractivity contribution in [3.05, 3.63) is 34.9 Å². The Kier molecular flexibility index (Phi) is 3.99. The first kappa shape index (κ1) is 13.9. The minimum Gasteiger partial charge on any atom is -0.369 e. The smallest absolute Gasteiger partial charge is 0.226 e. The lowest BCUT2D eigenvalue weighted by molar-refractivity contribution is -0.119. The summed E-state index contributed by atoms with van der Waals surface area (Å²) in [5, 5.41) is 0.687. The van der Waals surface area contributed by atoms with Crippen molar-refractivity contribution in [2.24, 2.45) is 17.6 Å². The molecule has 1 aliphatic heterocycles. The summed E-state index contributed by atoms with van der Waals surface area (Å²) in [5.41, 5.74) is 6.57. The minimum absolute atomic E-state index is 0.235. The van der Waals surface area contributed by atoms with E-state index < -0.39 is 0 Å². The van der Waals surface area contributed by atoms with Crippen LogP contribution in [0.5, 0.6) is 0 Å². The predicted molar refractivity (Wildman–Crippen MR) is 80.7 cm³/mol. The van der Waals surface area contributed by atoms with Crippen molar-refractivity contribution in [2.45, 2.75) is 25.2 Å². The van der Waals surface area contributed by atoms with Gasteiger partial charge in [-0.1, -0.05) is 23.7 Å². The van der Waals surface area contributed by atoms with Gasteiger partial charge in [0.25, 0.3) is 0 Å². The van der Waals surface area contributed by atoms with Crippen molar-refractivity contribution < 1.29 is 4.79 Å². The number of nitrogens with zero attached hydrogens (tertiary/aromatic N) is 1. The predicted octanol–water partition coefficient (Wildman–Crippen LogP) is 2.64. The van der Waals surface area contributed by atoms with Crippen LogP contribution in [0.15, 0.2) is 24.3 Å². The van der Waals surface area contributed by atoms with Gasteiger partial charge in [-0.3, -0.25) is 4.79 Å². The average Bonchev–Trinajstić information content (AvgIpc) is 3.17. The number of benzene rings is 1. The number of hydrogen-bond donors (Lipinski definition) is 1. The highest BCUT2D eigenvalue weighted by atomic mass is 35.5. The molecule has 108 valence electrons. The van der Waals surface area contributed by atoms with Crippen LogP contribution in [0.4, 0.5) is 0 Å². The second-order valence-corrected chi connectivity index (χ2v) is 6.58. The number of nitrogens with two attached hydrogens (primary N) is 1. The third kappa shape index (κ3) is 3.15. The van der Waals surface area contributed by atoms with E-state index in [9.17, 15) is 4.79 Å². The zero-order valence-electron chi connectivity index (χ0n) is 11.6. The second kappa shape index (κ2) is 5.74. The number of carbonyl (C=O) groups is 1. The molecule has 3 nitrogen and oxygen atoms in total. The van der Waals surface area contributed by atoms with E-state index in [1.807, 2.05) is 24.3 Å². The van der Waals surface area contributed by atoms with E-state index in [4.69, 9.17) is 17.3 Å². The topological polar surface area (TPSA) is 46.3 Å². The molecular formula is C16H21ClN2O. The first-order valence-electron chi connectivity index (χ1n) is 7.40. The van der Waals surface area contributed by atoms with Gasteiger partial charge in [-0.2, -0.15) is 0 Å². The number of amides is 1. The number of primary amides is 1. The van der Waals surface area contributed by atoms with Crippen LogP contribution in [0.2, 0.25) is 5.02 Å². The first-order valence-corrected chi connectivity index (χ1v) is 7.78. The lowest BCUT2D eigenvalue weighted by Crippen LogP contribution is -2.35.